The molecule has 114 valence electrons. The van der Waals surface area contributed by atoms with Crippen LogP contribution in [0.5, 0.6) is 0 Å². The number of nitrogens with two attached hydrogens (primary N) is 1. The van der Waals surface area contributed by atoms with Crippen molar-refractivity contribution in [3.63, 3.8) is 0 Å². The average molecular weight is 271 g/mol. The van der Waals surface area contributed by atoms with E-state index >= 15 is 0 Å². The van der Waals surface area contributed by atoms with Crippen molar-refractivity contribution in [2.45, 2.75) is 52.2 Å². The summed E-state index contributed by atoms with van der Waals surface area (Å²) in [6, 6.07) is 0.678. The Morgan fingerprint density at radius 3 is 2.58 bits per heavy atom. The summed E-state index contributed by atoms with van der Waals surface area (Å²) in [6.45, 7) is 14.0. The number of ether oxygens (including phenoxy) is 1. The summed E-state index contributed by atoms with van der Waals surface area (Å²) in [5.41, 5.74) is 5.72. The van der Waals surface area contributed by atoms with Crippen LogP contribution in [-0.4, -0.2) is 67.8 Å². The van der Waals surface area contributed by atoms with Crippen molar-refractivity contribution >= 4 is 0 Å². The first-order valence-corrected chi connectivity index (χ1v) is 7.95. The Bertz CT molecular complexity index is 223. The van der Waals surface area contributed by atoms with Gasteiger partial charge in [0.05, 0.1) is 12.7 Å². The van der Waals surface area contributed by atoms with Gasteiger partial charge in [0.25, 0.3) is 0 Å². The summed E-state index contributed by atoms with van der Waals surface area (Å²) in [4.78, 5) is 5.17. The second kappa shape index (κ2) is 9.70. The van der Waals surface area contributed by atoms with Crippen LogP contribution in [0, 0.1) is 0 Å². The Balaban J connectivity index is 2.29. The first-order valence-electron chi connectivity index (χ1n) is 7.95. The normalized spacial score (nSPS) is 20.7. The van der Waals surface area contributed by atoms with E-state index in [4.69, 9.17) is 10.5 Å². The lowest BCUT2D eigenvalue weighted by Crippen LogP contribution is -2.39. The lowest BCUT2D eigenvalue weighted by molar-refractivity contribution is 0.0593. The highest BCUT2D eigenvalue weighted by molar-refractivity contribution is 4.76. The summed E-state index contributed by atoms with van der Waals surface area (Å²) in [5, 5.41) is 0. The zero-order valence-corrected chi connectivity index (χ0v) is 13.1. The SMILES string of the molecule is CCC(CCN)N1CCCN(CCOC(C)C)CC1. The molecule has 0 spiro atoms. The van der Waals surface area contributed by atoms with Gasteiger partial charge in [-0.25, -0.2) is 0 Å². The van der Waals surface area contributed by atoms with Crippen LogP contribution in [0.4, 0.5) is 0 Å². The molecule has 0 aromatic rings. The molecular formula is C15H33N3O. The van der Waals surface area contributed by atoms with Crippen LogP contribution in [0.25, 0.3) is 0 Å². The Labute approximate surface area is 119 Å². The van der Waals surface area contributed by atoms with Crippen molar-refractivity contribution in [3.8, 4) is 0 Å². The van der Waals surface area contributed by atoms with E-state index in [1.165, 1.54) is 39.0 Å². The zero-order chi connectivity index (χ0) is 14.1. The predicted octanol–water partition coefficient (Wildman–Crippen LogP) is 1.55. The minimum absolute atomic E-state index is 0.345. The van der Waals surface area contributed by atoms with Crippen molar-refractivity contribution in [1.82, 2.24) is 9.80 Å². The van der Waals surface area contributed by atoms with Crippen LogP contribution in [0.2, 0.25) is 0 Å². The van der Waals surface area contributed by atoms with Gasteiger partial charge in [0, 0.05) is 25.7 Å². The Hall–Kier alpha value is -0.160. The van der Waals surface area contributed by atoms with Crippen LogP contribution < -0.4 is 5.73 Å². The van der Waals surface area contributed by atoms with E-state index in [-0.39, 0.29) is 0 Å². The summed E-state index contributed by atoms with van der Waals surface area (Å²) < 4.78 is 5.65. The van der Waals surface area contributed by atoms with Gasteiger partial charge in [0.15, 0.2) is 0 Å². The van der Waals surface area contributed by atoms with Crippen molar-refractivity contribution in [2.24, 2.45) is 5.73 Å². The molecular weight excluding hydrogens is 238 g/mol. The average Bonchev–Trinajstić information content (AvgIpc) is 2.61. The standard InChI is InChI=1S/C15H33N3O/c1-4-15(6-7-16)18-9-5-8-17(10-11-18)12-13-19-14(2)3/h14-15H,4-13,16H2,1-3H3. The van der Waals surface area contributed by atoms with Gasteiger partial charge >= 0.3 is 0 Å². The van der Waals surface area contributed by atoms with Gasteiger partial charge in [0.1, 0.15) is 0 Å². The fraction of sp³-hybridized carbons (Fsp3) is 1.00. The van der Waals surface area contributed by atoms with E-state index in [2.05, 4.69) is 30.6 Å². The lowest BCUT2D eigenvalue weighted by atomic mass is 10.1. The molecule has 0 radical (unpaired) electrons. The van der Waals surface area contributed by atoms with Gasteiger partial charge in [-0.2, -0.15) is 0 Å². The number of nitrogens with zero attached hydrogens (tertiary/aromatic N) is 2. The molecule has 1 aliphatic heterocycles. The molecule has 0 bridgehead atoms. The molecule has 1 heterocycles. The van der Waals surface area contributed by atoms with Crippen LogP contribution >= 0.6 is 0 Å². The molecule has 0 aromatic heterocycles. The molecule has 0 amide bonds. The van der Waals surface area contributed by atoms with Gasteiger partial charge in [0.2, 0.25) is 0 Å². The third-order valence-corrected chi connectivity index (χ3v) is 3.97. The topological polar surface area (TPSA) is 41.7 Å². The molecule has 1 fully saturated rings. The van der Waals surface area contributed by atoms with Crippen molar-refractivity contribution in [2.75, 3.05) is 45.9 Å². The van der Waals surface area contributed by atoms with Crippen LogP contribution in [0.1, 0.15) is 40.0 Å². The summed E-state index contributed by atoms with van der Waals surface area (Å²) in [5.74, 6) is 0. The van der Waals surface area contributed by atoms with Crippen molar-refractivity contribution < 1.29 is 4.74 Å². The fourth-order valence-corrected chi connectivity index (χ4v) is 2.83. The maximum Gasteiger partial charge on any atom is 0.0596 e. The second-order valence-electron chi connectivity index (χ2n) is 5.79. The van der Waals surface area contributed by atoms with Crippen LogP contribution in [0.15, 0.2) is 0 Å². The van der Waals surface area contributed by atoms with Gasteiger partial charge < -0.3 is 10.5 Å². The van der Waals surface area contributed by atoms with Crippen LogP contribution in [-0.2, 0) is 4.74 Å². The highest BCUT2D eigenvalue weighted by Gasteiger charge is 2.20. The molecule has 4 nitrogen and oxygen atoms in total. The van der Waals surface area contributed by atoms with Gasteiger partial charge in [-0.1, -0.05) is 6.92 Å². The maximum absolute atomic E-state index is 5.72. The zero-order valence-electron chi connectivity index (χ0n) is 13.1. The third-order valence-electron chi connectivity index (χ3n) is 3.97. The van der Waals surface area contributed by atoms with E-state index in [1.807, 2.05) is 0 Å². The quantitative estimate of drug-likeness (QED) is 0.727. The molecule has 1 aliphatic rings. The number of hydrogen-bond donors (Lipinski definition) is 1. The maximum atomic E-state index is 5.72. The molecule has 0 aromatic carbocycles. The number of rotatable bonds is 8. The fourth-order valence-electron chi connectivity index (χ4n) is 2.83. The van der Waals surface area contributed by atoms with Gasteiger partial charge in [-0.15, -0.1) is 0 Å². The molecule has 1 rings (SSSR count). The van der Waals surface area contributed by atoms with Gasteiger partial charge in [-0.05, 0) is 52.7 Å². The Kier molecular flexibility index (Phi) is 8.62. The van der Waals surface area contributed by atoms with Crippen molar-refractivity contribution in [1.29, 1.82) is 0 Å². The highest BCUT2D eigenvalue weighted by Crippen LogP contribution is 2.12. The van der Waals surface area contributed by atoms with E-state index in [0.29, 0.717) is 12.1 Å². The van der Waals surface area contributed by atoms with E-state index in [9.17, 15) is 0 Å². The second-order valence-corrected chi connectivity index (χ2v) is 5.79. The Morgan fingerprint density at radius 1 is 1.16 bits per heavy atom. The molecule has 0 aliphatic carbocycles. The lowest BCUT2D eigenvalue weighted by Gasteiger charge is -2.29. The third kappa shape index (κ3) is 6.70. The Morgan fingerprint density at radius 2 is 1.95 bits per heavy atom. The first-order chi connectivity index (χ1) is 9.17. The first kappa shape index (κ1) is 16.9. The summed E-state index contributed by atoms with van der Waals surface area (Å²) in [7, 11) is 0. The van der Waals surface area contributed by atoms with Gasteiger partial charge in [-0.3, -0.25) is 9.80 Å². The molecule has 2 N–H and O–H groups in total. The van der Waals surface area contributed by atoms with E-state index in [0.717, 1.165) is 26.1 Å². The minimum Gasteiger partial charge on any atom is -0.377 e. The summed E-state index contributed by atoms with van der Waals surface area (Å²) in [6.07, 6.45) is 3.96. The molecule has 4 heteroatoms. The summed E-state index contributed by atoms with van der Waals surface area (Å²) >= 11 is 0. The van der Waals surface area contributed by atoms with Crippen LogP contribution in [0.3, 0.4) is 0 Å². The van der Waals surface area contributed by atoms with Crippen molar-refractivity contribution in [3.05, 3.63) is 0 Å². The monoisotopic (exact) mass is 271 g/mol. The molecule has 19 heavy (non-hydrogen) atoms. The largest absolute Gasteiger partial charge is 0.377 e. The molecule has 1 atom stereocenters. The molecule has 1 unspecified atom stereocenters. The molecule has 1 saturated heterocycles. The molecule has 0 saturated carbocycles. The number of hydrogen-bond acceptors (Lipinski definition) is 4. The smallest absolute Gasteiger partial charge is 0.0596 e. The van der Waals surface area contributed by atoms with E-state index in [1.54, 1.807) is 0 Å². The minimum atomic E-state index is 0.345. The highest BCUT2D eigenvalue weighted by atomic mass is 16.5. The van der Waals surface area contributed by atoms with E-state index < -0.39 is 0 Å². The predicted molar refractivity (Wildman–Crippen MR) is 81.5 cm³/mol.